The number of fused-ring (bicyclic) bond motifs is 5. The molecule has 0 fully saturated rings. The molecule has 0 saturated heterocycles. The topological polar surface area (TPSA) is 16.4 Å². The van der Waals surface area contributed by atoms with E-state index in [9.17, 15) is 0 Å². The average molecular weight is 816 g/mol. The number of rotatable bonds is 8. The lowest BCUT2D eigenvalue weighted by atomic mass is 9.97. The van der Waals surface area contributed by atoms with Crippen molar-refractivity contribution < 1.29 is 4.42 Å². The van der Waals surface area contributed by atoms with Crippen molar-refractivity contribution in [3.8, 4) is 55.8 Å². The second kappa shape index (κ2) is 15.8. The zero-order valence-electron chi connectivity index (χ0n) is 35.0. The summed E-state index contributed by atoms with van der Waals surface area (Å²) < 4.78 is 6.22. The van der Waals surface area contributed by atoms with Gasteiger partial charge >= 0.3 is 0 Å². The highest BCUT2D eigenvalue weighted by Gasteiger charge is 2.16. The van der Waals surface area contributed by atoms with Gasteiger partial charge in [-0.05, 0) is 144 Å². The summed E-state index contributed by atoms with van der Waals surface area (Å²) in [5.74, 6) is 0.876. The van der Waals surface area contributed by atoms with Gasteiger partial charge in [-0.3, -0.25) is 0 Å². The Hall–Kier alpha value is -8.46. The third-order valence-electron chi connectivity index (χ3n) is 12.6. The van der Waals surface area contributed by atoms with Crippen LogP contribution in [0.3, 0.4) is 0 Å². The normalized spacial score (nSPS) is 11.4. The van der Waals surface area contributed by atoms with Crippen LogP contribution in [0.2, 0.25) is 0 Å². The molecule has 0 N–H and O–H groups in total. The summed E-state index contributed by atoms with van der Waals surface area (Å²) >= 11 is 0. The highest BCUT2D eigenvalue weighted by Crippen LogP contribution is 2.40. The minimum Gasteiger partial charge on any atom is -0.456 e. The van der Waals surface area contributed by atoms with E-state index in [0.29, 0.717) is 0 Å². The van der Waals surface area contributed by atoms with Gasteiger partial charge in [0.1, 0.15) is 11.3 Å². The van der Waals surface area contributed by atoms with Crippen molar-refractivity contribution in [2.75, 3.05) is 4.90 Å². The van der Waals surface area contributed by atoms with Gasteiger partial charge in [0.15, 0.2) is 0 Å². The van der Waals surface area contributed by atoms with Crippen LogP contribution >= 0.6 is 0 Å². The van der Waals surface area contributed by atoms with Crippen molar-refractivity contribution in [1.29, 1.82) is 0 Å². The van der Waals surface area contributed by atoms with Crippen LogP contribution in [0.4, 0.5) is 17.1 Å². The highest BCUT2D eigenvalue weighted by atomic mass is 16.3. The second-order valence-electron chi connectivity index (χ2n) is 16.6. The Morgan fingerprint density at radius 1 is 0.234 bits per heavy atom. The molecule has 2 nitrogen and oxygen atoms in total. The fourth-order valence-electron chi connectivity index (χ4n) is 9.26. The molecule has 1 aromatic heterocycles. The molecule has 1 heterocycles. The molecule has 2 heteroatoms. The maximum absolute atomic E-state index is 6.22. The van der Waals surface area contributed by atoms with Crippen LogP contribution in [0, 0.1) is 0 Å². The molecule has 0 aliphatic carbocycles. The lowest BCUT2D eigenvalue weighted by Crippen LogP contribution is -2.09. The average Bonchev–Trinajstić information content (AvgIpc) is 3.82. The molecule has 11 aromatic carbocycles. The predicted octanol–water partition coefficient (Wildman–Crippen LogP) is 17.7. The summed E-state index contributed by atoms with van der Waals surface area (Å²) in [5, 5.41) is 8.54. The van der Waals surface area contributed by atoms with Crippen molar-refractivity contribution in [3.63, 3.8) is 0 Å². The van der Waals surface area contributed by atoms with E-state index >= 15 is 0 Å². The van der Waals surface area contributed by atoms with Crippen LogP contribution in [0.15, 0.2) is 253 Å². The van der Waals surface area contributed by atoms with Crippen molar-refractivity contribution in [1.82, 2.24) is 0 Å². The lowest BCUT2D eigenvalue weighted by molar-refractivity contribution is 0.631. The number of anilines is 3. The number of hydrogen-bond acceptors (Lipinski definition) is 2. The molecule has 0 aliphatic rings. The van der Waals surface area contributed by atoms with Gasteiger partial charge in [0, 0.05) is 28.0 Å². The summed E-state index contributed by atoms with van der Waals surface area (Å²) in [4.78, 5) is 2.36. The molecule has 12 aromatic rings. The fraction of sp³-hybridized carbons (Fsp3) is 0. The Morgan fingerprint density at radius 3 is 1.44 bits per heavy atom. The lowest BCUT2D eigenvalue weighted by Gasteiger charge is -2.26. The minimum atomic E-state index is 0.876. The molecule has 0 spiro atoms. The van der Waals surface area contributed by atoms with Gasteiger partial charge in [0.2, 0.25) is 0 Å². The smallest absolute Gasteiger partial charge is 0.135 e. The molecule has 0 atom stereocenters. The Bertz CT molecular complexity index is 3610. The van der Waals surface area contributed by atoms with E-state index in [0.717, 1.165) is 44.9 Å². The summed E-state index contributed by atoms with van der Waals surface area (Å²) in [7, 11) is 0. The van der Waals surface area contributed by atoms with E-state index in [1.165, 1.54) is 71.3 Å². The summed E-state index contributed by atoms with van der Waals surface area (Å²) in [6.45, 7) is 0. The first-order chi connectivity index (χ1) is 31.7. The van der Waals surface area contributed by atoms with Crippen LogP contribution in [0.5, 0.6) is 0 Å². The molecule has 0 saturated carbocycles. The molecular weight excluding hydrogens is 775 g/mol. The largest absolute Gasteiger partial charge is 0.456 e. The molecule has 12 rings (SSSR count). The van der Waals surface area contributed by atoms with Gasteiger partial charge in [-0.1, -0.05) is 182 Å². The van der Waals surface area contributed by atoms with Crippen LogP contribution in [0.1, 0.15) is 0 Å². The van der Waals surface area contributed by atoms with Crippen molar-refractivity contribution in [3.05, 3.63) is 249 Å². The standard InChI is InChI=1S/C62H41NO/c1-2-9-42(10-3-1)43-17-19-44(20-18-43)45-25-31-56(32-26-45)63(57-33-27-46(28-34-57)49-30-36-60-53(38-49)24-21-47-11-4-6-15-59(47)60)58-35-29-51-37-50(22-23-52(51)40-58)48-13-8-14-54(39-48)62-41-55-12-5-7-16-61(55)64-62/h1-41H. The second-order valence-corrected chi connectivity index (χ2v) is 16.6. The van der Waals surface area contributed by atoms with Gasteiger partial charge in [-0.2, -0.15) is 0 Å². The van der Waals surface area contributed by atoms with Crippen LogP contribution in [-0.4, -0.2) is 0 Å². The van der Waals surface area contributed by atoms with Crippen LogP contribution < -0.4 is 4.90 Å². The van der Waals surface area contributed by atoms with Crippen LogP contribution in [0.25, 0.3) is 99.1 Å². The first kappa shape index (κ1) is 37.3. The number of benzene rings is 11. The van der Waals surface area contributed by atoms with Crippen molar-refractivity contribution in [2.45, 2.75) is 0 Å². The van der Waals surface area contributed by atoms with Gasteiger partial charge in [-0.15, -0.1) is 0 Å². The Balaban J connectivity index is 0.889. The summed E-state index contributed by atoms with van der Waals surface area (Å²) in [6.07, 6.45) is 0. The number of furan rings is 1. The molecule has 0 aliphatic heterocycles. The maximum atomic E-state index is 6.22. The monoisotopic (exact) mass is 815 g/mol. The van der Waals surface area contributed by atoms with E-state index in [-0.39, 0.29) is 0 Å². The molecule has 0 bridgehead atoms. The fourth-order valence-corrected chi connectivity index (χ4v) is 9.26. The van der Waals surface area contributed by atoms with Gasteiger partial charge < -0.3 is 9.32 Å². The molecule has 0 radical (unpaired) electrons. The third-order valence-corrected chi connectivity index (χ3v) is 12.6. The first-order valence-corrected chi connectivity index (χ1v) is 21.9. The quantitative estimate of drug-likeness (QED) is 0.142. The molecule has 64 heavy (non-hydrogen) atoms. The van der Waals surface area contributed by atoms with E-state index in [4.69, 9.17) is 4.42 Å². The minimum absolute atomic E-state index is 0.876. The Kier molecular flexibility index (Phi) is 9.20. The Labute approximate surface area is 372 Å². The highest BCUT2D eigenvalue weighted by molar-refractivity contribution is 6.08. The van der Waals surface area contributed by atoms with Crippen molar-refractivity contribution in [2.24, 2.45) is 0 Å². The molecule has 0 unspecified atom stereocenters. The molecular formula is C62H41NO. The van der Waals surface area contributed by atoms with E-state index < -0.39 is 0 Å². The van der Waals surface area contributed by atoms with Crippen molar-refractivity contribution >= 4 is 60.3 Å². The van der Waals surface area contributed by atoms with E-state index in [1.54, 1.807) is 0 Å². The SMILES string of the molecule is c1ccc(-c2ccc(-c3ccc(N(c4ccc(-c5ccc6c(ccc7ccccc76)c5)cc4)c4ccc5cc(-c6cccc(-c7cc8ccccc8o7)c6)ccc5c4)cc3)cc2)cc1. The maximum Gasteiger partial charge on any atom is 0.135 e. The predicted molar refractivity (Wildman–Crippen MR) is 271 cm³/mol. The molecule has 0 amide bonds. The summed E-state index contributed by atoms with van der Waals surface area (Å²) in [6, 6.07) is 89.7. The zero-order chi connectivity index (χ0) is 42.4. The van der Waals surface area contributed by atoms with Gasteiger partial charge in [-0.25, -0.2) is 0 Å². The zero-order valence-corrected chi connectivity index (χ0v) is 35.0. The number of hydrogen-bond donors (Lipinski definition) is 0. The Morgan fingerprint density at radius 2 is 0.688 bits per heavy atom. The number of para-hydroxylation sites is 1. The van der Waals surface area contributed by atoms with E-state index in [1.807, 2.05) is 18.2 Å². The number of nitrogens with zero attached hydrogens (tertiary/aromatic N) is 1. The summed E-state index contributed by atoms with van der Waals surface area (Å²) in [5.41, 5.74) is 14.8. The van der Waals surface area contributed by atoms with Gasteiger partial charge in [0.25, 0.3) is 0 Å². The molecule has 300 valence electrons. The van der Waals surface area contributed by atoms with Gasteiger partial charge in [0.05, 0.1) is 0 Å². The van der Waals surface area contributed by atoms with E-state index in [2.05, 4.69) is 235 Å². The third kappa shape index (κ3) is 6.98. The van der Waals surface area contributed by atoms with Crippen LogP contribution in [-0.2, 0) is 0 Å². The first-order valence-electron chi connectivity index (χ1n) is 21.9.